The molecule has 0 aliphatic heterocycles. The molecular formula is C30H26NO2+. The highest BCUT2D eigenvalue weighted by Gasteiger charge is 2.15. The molecular weight excluding hydrogens is 406 g/mol. The zero-order valence-corrected chi connectivity index (χ0v) is 18.6. The Balaban J connectivity index is 1.72. The van der Waals surface area contributed by atoms with E-state index in [-0.39, 0.29) is 13.2 Å². The van der Waals surface area contributed by atoms with Gasteiger partial charge in [-0.25, -0.2) is 4.57 Å². The number of benzene rings is 4. The van der Waals surface area contributed by atoms with Crippen LogP contribution in [0.4, 0.5) is 0 Å². The van der Waals surface area contributed by atoms with Gasteiger partial charge in [-0.15, -0.1) is 0 Å². The molecule has 4 aromatic carbocycles. The van der Waals surface area contributed by atoms with Gasteiger partial charge in [0.15, 0.2) is 6.20 Å². The lowest BCUT2D eigenvalue weighted by Crippen LogP contribution is -2.29. The number of aryl methyl sites for hydroxylation is 1. The van der Waals surface area contributed by atoms with Gasteiger partial charge in [0.1, 0.15) is 7.05 Å². The van der Waals surface area contributed by atoms with Crippen molar-refractivity contribution in [1.82, 2.24) is 0 Å². The van der Waals surface area contributed by atoms with Crippen LogP contribution in [0.25, 0.3) is 44.3 Å². The molecule has 3 nitrogen and oxygen atoms in total. The Kier molecular flexibility index (Phi) is 5.74. The lowest BCUT2D eigenvalue weighted by atomic mass is 9.93. The molecule has 0 spiro atoms. The van der Waals surface area contributed by atoms with Crippen LogP contribution in [0.5, 0.6) is 0 Å². The second kappa shape index (κ2) is 8.99. The minimum Gasteiger partial charge on any atom is -0.392 e. The molecule has 2 N–H and O–H groups in total. The summed E-state index contributed by atoms with van der Waals surface area (Å²) in [5.74, 6) is 0. The summed E-state index contributed by atoms with van der Waals surface area (Å²) in [5.41, 5.74) is 9.44. The van der Waals surface area contributed by atoms with Gasteiger partial charge in [0, 0.05) is 17.0 Å². The van der Waals surface area contributed by atoms with E-state index < -0.39 is 0 Å². The van der Waals surface area contributed by atoms with Crippen LogP contribution in [0, 0.1) is 0 Å². The van der Waals surface area contributed by atoms with Crippen molar-refractivity contribution in [2.75, 3.05) is 0 Å². The van der Waals surface area contributed by atoms with Crippen LogP contribution in [-0.4, -0.2) is 10.2 Å². The molecule has 5 aromatic rings. The smallest absolute Gasteiger partial charge is 0.212 e. The highest BCUT2D eigenvalue weighted by atomic mass is 16.3. The number of nitrogens with zero attached hydrogens (tertiary/aromatic N) is 1. The predicted molar refractivity (Wildman–Crippen MR) is 133 cm³/mol. The zero-order valence-electron chi connectivity index (χ0n) is 18.6. The van der Waals surface area contributed by atoms with Crippen LogP contribution in [0.3, 0.4) is 0 Å². The molecule has 0 amide bonds. The average molecular weight is 433 g/mol. The Bertz CT molecular complexity index is 1370. The normalized spacial score (nSPS) is 11.1. The molecule has 33 heavy (non-hydrogen) atoms. The summed E-state index contributed by atoms with van der Waals surface area (Å²) in [6.07, 6.45) is 2.13. The van der Waals surface area contributed by atoms with E-state index in [4.69, 9.17) is 0 Å². The number of pyridine rings is 1. The highest BCUT2D eigenvalue weighted by Crippen LogP contribution is 2.33. The number of hydrogen-bond donors (Lipinski definition) is 2. The van der Waals surface area contributed by atoms with E-state index in [0.29, 0.717) is 0 Å². The average Bonchev–Trinajstić information content (AvgIpc) is 2.88. The number of aliphatic hydroxyl groups excluding tert-OH is 2. The minimum atomic E-state index is -0.0958. The number of fused-ring (bicyclic) bond motifs is 1. The molecule has 0 saturated carbocycles. The fourth-order valence-corrected chi connectivity index (χ4v) is 4.44. The van der Waals surface area contributed by atoms with Crippen molar-refractivity contribution < 1.29 is 14.8 Å². The van der Waals surface area contributed by atoms with Crippen LogP contribution >= 0.6 is 0 Å². The van der Waals surface area contributed by atoms with Crippen molar-refractivity contribution in [3.05, 3.63) is 114 Å². The van der Waals surface area contributed by atoms with Gasteiger partial charge in [-0.1, -0.05) is 60.7 Å². The number of aromatic nitrogens is 1. The summed E-state index contributed by atoms with van der Waals surface area (Å²) in [5, 5.41) is 20.5. The van der Waals surface area contributed by atoms with Crippen molar-refractivity contribution in [3.63, 3.8) is 0 Å². The summed E-state index contributed by atoms with van der Waals surface area (Å²) in [4.78, 5) is 0. The quantitative estimate of drug-likeness (QED) is 0.353. The highest BCUT2D eigenvalue weighted by molar-refractivity contribution is 5.86. The second-order valence-electron chi connectivity index (χ2n) is 8.37. The van der Waals surface area contributed by atoms with Crippen LogP contribution in [0.2, 0.25) is 0 Å². The largest absolute Gasteiger partial charge is 0.392 e. The summed E-state index contributed by atoms with van der Waals surface area (Å²) in [6.45, 7) is -0.186. The lowest BCUT2D eigenvalue weighted by molar-refractivity contribution is -0.644. The fraction of sp³-hybridized carbons (Fsp3) is 0.100. The Morgan fingerprint density at radius 3 is 1.55 bits per heavy atom. The van der Waals surface area contributed by atoms with Crippen LogP contribution in [0.15, 0.2) is 103 Å². The third-order valence-electron chi connectivity index (χ3n) is 6.19. The Hall–Kier alpha value is -3.79. The van der Waals surface area contributed by atoms with Crippen molar-refractivity contribution in [2.45, 2.75) is 13.2 Å². The third-order valence-corrected chi connectivity index (χ3v) is 6.19. The van der Waals surface area contributed by atoms with Gasteiger partial charge in [-0.05, 0) is 69.3 Å². The van der Waals surface area contributed by atoms with Crippen LogP contribution in [-0.2, 0) is 20.3 Å². The summed E-state index contributed by atoms with van der Waals surface area (Å²) in [6, 6.07) is 33.7. The minimum absolute atomic E-state index is 0.0901. The summed E-state index contributed by atoms with van der Waals surface area (Å²) in [7, 11) is 2.02. The van der Waals surface area contributed by atoms with Gasteiger partial charge in [0.25, 0.3) is 0 Å². The van der Waals surface area contributed by atoms with E-state index in [1.165, 1.54) is 22.3 Å². The first kappa shape index (κ1) is 21.1. The summed E-state index contributed by atoms with van der Waals surface area (Å²) >= 11 is 0. The standard InChI is InChI=1S/C30H26NO2/c1-31-18-27(15-26-16-28(19-32)29(20-33)17-30(26)31)25-13-23(21-8-4-2-5-9-21)12-24(14-25)22-10-6-3-7-11-22/h2-18,32-33H,19-20H2,1H3/q+1. The molecule has 0 saturated heterocycles. The second-order valence-corrected chi connectivity index (χ2v) is 8.37. The van der Waals surface area contributed by atoms with Gasteiger partial charge in [-0.3, -0.25) is 0 Å². The van der Waals surface area contributed by atoms with E-state index in [9.17, 15) is 10.2 Å². The van der Waals surface area contributed by atoms with Crippen LogP contribution in [0.1, 0.15) is 11.1 Å². The Morgan fingerprint density at radius 2 is 1.03 bits per heavy atom. The van der Waals surface area contributed by atoms with E-state index in [1.807, 2.05) is 31.3 Å². The molecule has 5 rings (SSSR count). The van der Waals surface area contributed by atoms with Gasteiger partial charge in [-0.2, -0.15) is 0 Å². The molecule has 0 unspecified atom stereocenters. The van der Waals surface area contributed by atoms with E-state index >= 15 is 0 Å². The first-order valence-electron chi connectivity index (χ1n) is 11.1. The number of hydrogen-bond acceptors (Lipinski definition) is 2. The molecule has 0 aliphatic carbocycles. The van der Waals surface area contributed by atoms with E-state index in [1.54, 1.807) is 0 Å². The van der Waals surface area contributed by atoms with E-state index in [0.717, 1.165) is 33.2 Å². The van der Waals surface area contributed by atoms with Gasteiger partial charge < -0.3 is 10.2 Å². The molecule has 0 atom stereocenters. The van der Waals surface area contributed by atoms with Crippen molar-refractivity contribution >= 4 is 10.9 Å². The topological polar surface area (TPSA) is 44.3 Å². The maximum Gasteiger partial charge on any atom is 0.212 e. The SMILES string of the molecule is C[n+]1cc(-c2cc(-c3ccccc3)cc(-c3ccccc3)c2)cc2cc(CO)c(CO)cc21. The fourth-order valence-electron chi connectivity index (χ4n) is 4.44. The van der Waals surface area contributed by atoms with Crippen molar-refractivity contribution in [1.29, 1.82) is 0 Å². The van der Waals surface area contributed by atoms with Crippen molar-refractivity contribution in [3.8, 4) is 33.4 Å². The Labute approximate surface area is 193 Å². The Morgan fingerprint density at radius 1 is 0.545 bits per heavy atom. The van der Waals surface area contributed by atoms with Gasteiger partial charge >= 0.3 is 0 Å². The molecule has 162 valence electrons. The van der Waals surface area contributed by atoms with Gasteiger partial charge in [0.05, 0.1) is 13.2 Å². The van der Waals surface area contributed by atoms with Crippen LogP contribution < -0.4 is 4.57 Å². The first-order valence-corrected chi connectivity index (χ1v) is 11.1. The lowest BCUT2D eigenvalue weighted by Gasteiger charge is -2.12. The molecule has 3 heteroatoms. The predicted octanol–water partition coefficient (Wildman–Crippen LogP) is 5.65. The maximum atomic E-state index is 9.77. The molecule has 0 radical (unpaired) electrons. The van der Waals surface area contributed by atoms with E-state index in [2.05, 4.69) is 83.6 Å². The monoisotopic (exact) mass is 432 g/mol. The van der Waals surface area contributed by atoms with Gasteiger partial charge in [0.2, 0.25) is 5.52 Å². The molecule has 0 fully saturated rings. The zero-order chi connectivity index (χ0) is 22.8. The number of aliphatic hydroxyl groups is 2. The number of rotatable bonds is 5. The molecule has 0 bridgehead atoms. The third kappa shape index (κ3) is 4.17. The van der Waals surface area contributed by atoms with Crippen molar-refractivity contribution in [2.24, 2.45) is 7.05 Å². The molecule has 1 heterocycles. The first-order chi connectivity index (χ1) is 16.2. The molecule has 1 aromatic heterocycles. The maximum absolute atomic E-state index is 9.77. The summed E-state index contributed by atoms with van der Waals surface area (Å²) < 4.78 is 2.09. The molecule has 0 aliphatic rings.